The Hall–Kier alpha value is -3.85. The van der Waals surface area contributed by atoms with Crippen molar-refractivity contribution in [3.63, 3.8) is 0 Å². The van der Waals surface area contributed by atoms with Gasteiger partial charge in [-0.2, -0.15) is 0 Å². The van der Waals surface area contributed by atoms with Crippen molar-refractivity contribution >= 4 is 34.8 Å². The molecule has 9 heteroatoms. The highest BCUT2D eigenvalue weighted by molar-refractivity contribution is 7.07. The predicted molar refractivity (Wildman–Crippen MR) is 121 cm³/mol. The Morgan fingerprint density at radius 3 is 2.69 bits per heavy atom. The Labute approximate surface area is 186 Å². The summed E-state index contributed by atoms with van der Waals surface area (Å²) in [5.41, 5.74) is 1.71. The molecule has 2 aromatic carbocycles. The smallest absolute Gasteiger partial charge is 0.338 e. The number of benzene rings is 2. The van der Waals surface area contributed by atoms with Crippen molar-refractivity contribution in [3.05, 3.63) is 101 Å². The number of allylic oxidation sites excluding steroid dienone is 1. The fraction of sp³-hybridized carbons (Fsp3) is 0.174. The van der Waals surface area contributed by atoms with Crippen molar-refractivity contribution in [2.75, 3.05) is 6.61 Å². The summed E-state index contributed by atoms with van der Waals surface area (Å²) in [4.78, 5) is 41.7. The first-order valence-electron chi connectivity index (χ1n) is 9.89. The summed E-state index contributed by atoms with van der Waals surface area (Å²) in [6.45, 7) is 3.62. The first-order valence-corrected chi connectivity index (χ1v) is 10.7. The van der Waals surface area contributed by atoms with E-state index in [1.54, 1.807) is 32.1 Å². The van der Waals surface area contributed by atoms with Crippen molar-refractivity contribution < 1.29 is 14.5 Å². The zero-order valence-corrected chi connectivity index (χ0v) is 18.2. The van der Waals surface area contributed by atoms with Gasteiger partial charge < -0.3 is 4.74 Å². The van der Waals surface area contributed by atoms with Gasteiger partial charge in [0.15, 0.2) is 4.80 Å². The molecule has 162 valence electrons. The van der Waals surface area contributed by atoms with Gasteiger partial charge in [0.1, 0.15) is 6.04 Å². The molecule has 0 N–H and O–H groups in total. The topological polar surface area (TPSA) is 104 Å². The molecule has 0 bridgehead atoms. The molecule has 1 atom stereocenters. The second-order valence-electron chi connectivity index (χ2n) is 7.05. The number of carbonyl (C=O) groups is 1. The minimum absolute atomic E-state index is 0.0605. The van der Waals surface area contributed by atoms with Crippen LogP contribution < -0.4 is 14.9 Å². The van der Waals surface area contributed by atoms with Crippen molar-refractivity contribution in [3.8, 4) is 0 Å². The van der Waals surface area contributed by atoms with Gasteiger partial charge >= 0.3 is 5.97 Å². The molecule has 0 spiro atoms. The summed E-state index contributed by atoms with van der Waals surface area (Å²) in [6.07, 6.45) is 1.59. The number of nitro benzene ring substituents is 1. The Balaban J connectivity index is 1.93. The Morgan fingerprint density at radius 2 is 2.00 bits per heavy atom. The third-order valence-corrected chi connectivity index (χ3v) is 6.02. The molecule has 1 aliphatic rings. The predicted octanol–water partition coefficient (Wildman–Crippen LogP) is 2.82. The second-order valence-corrected chi connectivity index (χ2v) is 8.06. The van der Waals surface area contributed by atoms with Crippen LogP contribution in [0.25, 0.3) is 11.8 Å². The molecule has 32 heavy (non-hydrogen) atoms. The van der Waals surface area contributed by atoms with Gasteiger partial charge in [0.25, 0.3) is 11.2 Å². The van der Waals surface area contributed by atoms with E-state index in [4.69, 9.17) is 9.73 Å². The monoisotopic (exact) mass is 449 g/mol. The minimum atomic E-state index is -0.598. The number of rotatable bonds is 5. The van der Waals surface area contributed by atoms with E-state index in [0.717, 1.165) is 5.56 Å². The number of ether oxygens (including phenoxy) is 1. The molecule has 2 heterocycles. The molecule has 1 aromatic heterocycles. The van der Waals surface area contributed by atoms with Gasteiger partial charge in [-0.3, -0.25) is 19.5 Å². The van der Waals surface area contributed by atoms with Crippen LogP contribution in [0.1, 0.15) is 31.0 Å². The highest BCUT2D eigenvalue weighted by Gasteiger charge is 2.31. The molecule has 4 rings (SSSR count). The van der Waals surface area contributed by atoms with Gasteiger partial charge in [-0.05, 0) is 31.1 Å². The van der Waals surface area contributed by atoms with Crippen LogP contribution in [-0.4, -0.2) is 22.1 Å². The maximum atomic E-state index is 13.2. The maximum absolute atomic E-state index is 13.2. The Morgan fingerprint density at radius 1 is 1.25 bits per heavy atom. The molecule has 0 aliphatic carbocycles. The van der Waals surface area contributed by atoms with E-state index in [1.807, 2.05) is 30.3 Å². The average Bonchev–Trinajstić information content (AvgIpc) is 3.09. The van der Waals surface area contributed by atoms with E-state index in [9.17, 15) is 19.7 Å². The number of nitrogens with zero attached hydrogens (tertiary/aromatic N) is 3. The molecular formula is C23H19N3O5S. The number of carbonyl (C=O) groups excluding carboxylic acids is 1. The molecule has 0 saturated carbocycles. The summed E-state index contributed by atoms with van der Waals surface area (Å²) >= 11 is 1.17. The van der Waals surface area contributed by atoms with Gasteiger partial charge in [0, 0.05) is 17.8 Å². The third kappa shape index (κ3) is 3.90. The van der Waals surface area contributed by atoms with E-state index < -0.39 is 16.9 Å². The van der Waals surface area contributed by atoms with E-state index in [0.29, 0.717) is 26.2 Å². The lowest BCUT2D eigenvalue weighted by Gasteiger charge is -2.22. The van der Waals surface area contributed by atoms with Crippen LogP contribution in [0.2, 0.25) is 0 Å². The summed E-state index contributed by atoms with van der Waals surface area (Å²) in [5.74, 6) is -0.518. The van der Waals surface area contributed by atoms with E-state index in [-0.39, 0.29) is 17.9 Å². The van der Waals surface area contributed by atoms with Crippen LogP contribution in [0.5, 0.6) is 0 Å². The molecule has 1 unspecified atom stereocenters. The Kier molecular flexibility index (Phi) is 5.83. The molecule has 1 aliphatic heterocycles. The first-order chi connectivity index (χ1) is 15.4. The zero-order valence-electron chi connectivity index (χ0n) is 17.3. The second kappa shape index (κ2) is 8.72. The molecule has 8 nitrogen and oxygen atoms in total. The van der Waals surface area contributed by atoms with Crippen LogP contribution in [0.15, 0.2) is 70.0 Å². The first kappa shape index (κ1) is 21.4. The van der Waals surface area contributed by atoms with Crippen LogP contribution >= 0.6 is 11.3 Å². The van der Waals surface area contributed by atoms with E-state index >= 15 is 0 Å². The largest absolute Gasteiger partial charge is 0.463 e. The fourth-order valence-corrected chi connectivity index (χ4v) is 4.61. The zero-order chi connectivity index (χ0) is 22.8. The number of thiazole rings is 1. The third-order valence-electron chi connectivity index (χ3n) is 5.03. The number of esters is 1. The van der Waals surface area contributed by atoms with Crippen LogP contribution in [0.4, 0.5) is 5.69 Å². The lowest BCUT2D eigenvalue weighted by Crippen LogP contribution is -2.35. The summed E-state index contributed by atoms with van der Waals surface area (Å²) in [7, 11) is 0. The SMILES string of the molecule is CCOC(=O)C1=C(C)n2c(s/c(=C\c3cccc([N+](=O)[O-])c3)c2=O)=NC1c1ccccc1. The lowest BCUT2D eigenvalue weighted by atomic mass is 9.97. The molecular weight excluding hydrogens is 430 g/mol. The fourth-order valence-electron chi connectivity index (χ4n) is 3.57. The van der Waals surface area contributed by atoms with Gasteiger partial charge in [-0.1, -0.05) is 53.8 Å². The number of hydrogen-bond donors (Lipinski definition) is 0. The van der Waals surface area contributed by atoms with Crippen molar-refractivity contribution in [2.45, 2.75) is 19.9 Å². The van der Waals surface area contributed by atoms with E-state index in [1.165, 1.54) is 28.0 Å². The number of nitro groups is 1. The summed E-state index contributed by atoms with van der Waals surface area (Å²) < 4.78 is 7.02. The molecule has 0 saturated heterocycles. The van der Waals surface area contributed by atoms with Gasteiger partial charge in [-0.15, -0.1) is 0 Å². The van der Waals surface area contributed by atoms with Crippen LogP contribution in [0.3, 0.4) is 0 Å². The lowest BCUT2D eigenvalue weighted by molar-refractivity contribution is -0.384. The molecule has 0 fully saturated rings. The highest BCUT2D eigenvalue weighted by Crippen LogP contribution is 2.32. The summed E-state index contributed by atoms with van der Waals surface area (Å²) in [6, 6.07) is 14.8. The maximum Gasteiger partial charge on any atom is 0.338 e. The van der Waals surface area contributed by atoms with Crippen molar-refractivity contribution in [2.24, 2.45) is 4.99 Å². The highest BCUT2D eigenvalue weighted by atomic mass is 32.1. The summed E-state index contributed by atoms with van der Waals surface area (Å²) in [5, 5.41) is 11.1. The Bertz CT molecular complexity index is 1420. The molecule has 0 amide bonds. The minimum Gasteiger partial charge on any atom is -0.463 e. The van der Waals surface area contributed by atoms with Crippen molar-refractivity contribution in [1.29, 1.82) is 0 Å². The van der Waals surface area contributed by atoms with Gasteiger partial charge in [0.2, 0.25) is 0 Å². The number of non-ortho nitro benzene ring substituents is 1. The van der Waals surface area contributed by atoms with Gasteiger partial charge in [-0.25, -0.2) is 9.79 Å². The number of fused-ring (bicyclic) bond motifs is 1. The van der Waals surface area contributed by atoms with Crippen LogP contribution in [-0.2, 0) is 9.53 Å². The van der Waals surface area contributed by atoms with Crippen LogP contribution in [0, 0.1) is 10.1 Å². The van der Waals surface area contributed by atoms with Gasteiger partial charge in [0.05, 0.1) is 21.6 Å². The average molecular weight is 449 g/mol. The molecule has 0 radical (unpaired) electrons. The van der Waals surface area contributed by atoms with E-state index in [2.05, 4.69) is 0 Å². The normalized spacial score (nSPS) is 15.8. The van der Waals surface area contributed by atoms with Crippen molar-refractivity contribution in [1.82, 2.24) is 4.57 Å². The number of hydrogen-bond acceptors (Lipinski definition) is 7. The molecule has 3 aromatic rings. The number of aromatic nitrogens is 1. The standard InChI is InChI=1S/C23H19N3O5S/c1-3-31-22(28)19-14(2)25-21(27)18(13-15-8-7-11-17(12-15)26(29)30)32-23(25)24-20(19)16-9-5-4-6-10-16/h4-13,20H,3H2,1-2H3/b18-13-. The quantitative estimate of drug-likeness (QED) is 0.338.